The first kappa shape index (κ1) is 53.2. The van der Waals surface area contributed by atoms with Crippen LogP contribution in [0.5, 0.6) is 28.7 Å². The smallest absolute Gasteiger partial charge is 0.417 e. The van der Waals surface area contributed by atoms with Gasteiger partial charge in [0.05, 0.1) is 49.7 Å². The van der Waals surface area contributed by atoms with E-state index in [4.69, 9.17) is 43.2 Å². The number of allylic oxidation sites excluding steroid dienone is 1. The topological polar surface area (TPSA) is 219 Å². The summed E-state index contributed by atoms with van der Waals surface area (Å²) in [7, 11) is 3.00. The molecule has 0 radical (unpaired) electrons. The van der Waals surface area contributed by atoms with E-state index in [9.17, 15) is 29.5 Å². The maximum absolute atomic E-state index is 15.1. The Labute approximate surface area is 428 Å². The molecule has 2 fully saturated rings. The van der Waals surface area contributed by atoms with Gasteiger partial charge in [0.2, 0.25) is 12.1 Å². The van der Waals surface area contributed by atoms with Gasteiger partial charge in [-0.05, 0) is 116 Å². The molecular weight excluding hydrogens is 960 g/mol. The van der Waals surface area contributed by atoms with Crippen LogP contribution in [0.15, 0.2) is 114 Å². The van der Waals surface area contributed by atoms with E-state index in [2.05, 4.69) is 18.0 Å². The number of non-ortho nitro benzene ring substituents is 1. The van der Waals surface area contributed by atoms with Crippen LogP contribution in [0.25, 0.3) is 0 Å². The predicted octanol–water partition coefficient (Wildman–Crippen LogP) is 10.2. The maximum Gasteiger partial charge on any atom is 0.417 e. The van der Waals surface area contributed by atoms with E-state index in [1.54, 1.807) is 54.6 Å². The second-order valence-electron chi connectivity index (χ2n) is 18.6. The van der Waals surface area contributed by atoms with Crippen molar-refractivity contribution in [1.29, 1.82) is 0 Å². The highest BCUT2D eigenvalue weighted by atomic mass is 19.1. The Balaban J connectivity index is 1.31. The number of benzene rings is 4. The molecule has 394 valence electrons. The fourth-order valence-electron chi connectivity index (χ4n) is 10.7. The number of fused-ring (bicyclic) bond motifs is 2. The average Bonchev–Trinajstić information content (AvgIpc) is 3.42. The zero-order chi connectivity index (χ0) is 52.2. The number of anilines is 1. The number of ether oxygens (including phenoxy) is 7. The lowest BCUT2D eigenvalue weighted by Crippen LogP contribution is -2.70. The molecule has 74 heavy (non-hydrogen) atoms. The fraction of sp³-hybridized carbons (Fsp3) is 0.436. The van der Waals surface area contributed by atoms with Crippen molar-refractivity contribution in [3.05, 3.63) is 136 Å². The van der Waals surface area contributed by atoms with Crippen molar-refractivity contribution >= 4 is 29.3 Å². The van der Waals surface area contributed by atoms with Gasteiger partial charge in [0, 0.05) is 62.3 Å². The van der Waals surface area contributed by atoms with Crippen molar-refractivity contribution in [2.24, 2.45) is 22.9 Å². The van der Waals surface area contributed by atoms with Crippen LogP contribution in [0.1, 0.15) is 81.3 Å². The Hall–Kier alpha value is -7.06. The number of hydrogen-bond acceptors (Lipinski definition) is 15. The standard InChI is InChI=1S/C55H63FN4O14/c1-4-28-70-55-49(59(34-35-14-16-37(56)17-15-35)54(64)72-39-20-18-38(19-21-39)60(65)66)33-46(58-74-50-13-7-10-29-69-50)43-30-36(11-5-8-26-61)42(12-6-9-27-62)51(52(43)55)44-31-41(23-25-47(44)73-55)71-53(63)57-45-24-22-40(67-2)32-48(45)68-3/h4,14-25,30-32,36,42,49-52,61-62H,1,5-13,26-29,33-34H2,2-3H3,(H,57,63). The molecule has 7 atom stereocenters. The summed E-state index contributed by atoms with van der Waals surface area (Å²) in [5.74, 6) is -2.34. The summed E-state index contributed by atoms with van der Waals surface area (Å²) in [5.41, 5.74) is 2.59. The van der Waals surface area contributed by atoms with E-state index >= 15 is 4.79 Å². The van der Waals surface area contributed by atoms with Gasteiger partial charge < -0.3 is 48.2 Å². The second-order valence-corrected chi connectivity index (χ2v) is 18.6. The van der Waals surface area contributed by atoms with E-state index in [1.165, 1.54) is 55.5 Å². The lowest BCUT2D eigenvalue weighted by atomic mass is 9.55. The molecule has 2 amide bonds. The van der Waals surface area contributed by atoms with Crippen LogP contribution in [0, 0.1) is 33.7 Å². The number of nitrogens with one attached hydrogen (secondary N) is 1. The molecule has 2 aliphatic heterocycles. The van der Waals surface area contributed by atoms with E-state index in [1.807, 2.05) is 0 Å². The molecular formula is C55H63FN4O14. The van der Waals surface area contributed by atoms with Gasteiger partial charge in [0.25, 0.3) is 5.69 Å². The van der Waals surface area contributed by atoms with Gasteiger partial charge in [-0.1, -0.05) is 42.3 Å². The van der Waals surface area contributed by atoms with Crippen molar-refractivity contribution in [3.8, 4) is 28.7 Å². The fourth-order valence-corrected chi connectivity index (χ4v) is 10.7. The van der Waals surface area contributed by atoms with Gasteiger partial charge in [-0.25, -0.2) is 14.0 Å². The van der Waals surface area contributed by atoms with Crippen LogP contribution < -0.4 is 29.0 Å². The molecule has 2 heterocycles. The molecule has 4 aromatic carbocycles. The van der Waals surface area contributed by atoms with Crippen LogP contribution >= 0.6 is 0 Å². The summed E-state index contributed by atoms with van der Waals surface area (Å²) in [6, 6.07) is 19.8. The number of amides is 2. The van der Waals surface area contributed by atoms with Gasteiger partial charge in [0.15, 0.2) is 0 Å². The third-order valence-electron chi connectivity index (χ3n) is 14.0. The molecule has 4 aliphatic rings. The number of hydrogen-bond donors (Lipinski definition) is 3. The van der Waals surface area contributed by atoms with Crippen molar-refractivity contribution in [1.82, 2.24) is 4.90 Å². The Morgan fingerprint density at radius 1 is 0.932 bits per heavy atom. The lowest BCUT2D eigenvalue weighted by Gasteiger charge is -2.59. The third kappa shape index (κ3) is 12.1. The van der Waals surface area contributed by atoms with Crippen LogP contribution in [0.4, 0.5) is 25.4 Å². The van der Waals surface area contributed by atoms with Crippen molar-refractivity contribution in [2.45, 2.75) is 94.8 Å². The number of nitro groups is 1. The molecule has 0 spiro atoms. The number of oxime groups is 1. The summed E-state index contributed by atoms with van der Waals surface area (Å²) < 4.78 is 57.8. The molecule has 0 bridgehead atoms. The van der Waals surface area contributed by atoms with Gasteiger partial charge in [0.1, 0.15) is 40.6 Å². The minimum atomic E-state index is -1.75. The summed E-state index contributed by atoms with van der Waals surface area (Å²) in [4.78, 5) is 47.6. The first-order chi connectivity index (χ1) is 36.0. The number of aliphatic hydroxyl groups excluding tert-OH is 2. The number of carbonyl (C=O) groups is 2. The first-order valence-corrected chi connectivity index (χ1v) is 25.0. The van der Waals surface area contributed by atoms with Crippen molar-refractivity contribution < 1.29 is 67.1 Å². The number of unbranched alkanes of at least 4 members (excludes halogenated alkanes) is 2. The normalized spacial score (nSPS) is 23.2. The molecule has 3 N–H and O–H groups in total. The Morgan fingerprint density at radius 3 is 2.36 bits per heavy atom. The number of nitrogens with zero attached hydrogens (tertiary/aromatic N) is 3. The van der Waals surface area contributed by atoms with E-state index in [0.717, 1.165) is 18.4 Å². The Kier molecular flexibility index (Phi) is 17.8. The van der Waals surface area contributed by atoms with Gasteiger partial charge in [-0.15, -0.1) is 6.58 Å². The molecule has 1 saturated carbocycles. The number of methoxy groups -OCH3 is 2. The molecule has 4 aromatic rings. The van der Waals surface area contributed by atoms with Crippen molar-refractivity contribution in [2.75, 3.05) is 46.0 Å². The second kappa shape index (κ2) is 24.8. The minimum Gasteiger partial charge on any atom is -0.497 e. The van der Waals surface area contributed by atoms with Gasteiger partial charge in [-0.3, -0.25) is 20.3 Å². The molecule has 8 rings (SSSR count). The number of rotatable bonds is 22. The predicted molar refractivity (Wildman–Crippen MR) is 270 cm³/mol. The molecule has 0 aromatic heterocycles. The lowest BCUT2D eigenvalue weighted by molar-refractivity contribution is -0.384. The average molecular weight is 1020 g/mol. The summed E-state index contributed by atoms with van der Waals surface area (Å²) in [6.07, 6.45) is 7.54. The first-order valence-electron chi connectivity index (χ1n) is 25.0. The maximum atomic E-state index is 15.1. The SMILES string of the molecule is C=CCOC12Oc3ccc(OC(=O)Nc4ccc(OC)cc4OC)cc3C3C(CCCCO)C(CCCCO)C=C(C(=NOC4CCCCO4)CC1N(Cc1ccc(F)cc1)C(=O)Oc1ccc([N+](=O)[O-])cc1)C32. The highest BCUT2D eigenvalue weighted by molar-refractivity contribution is 6.03. The third-order valence-corrected chi connectivity index (χ3v) is 14.0. The monoisotopic (exact) mass is 1020 g/mol. The van der Waals surface area contributed by atoms with Crippen LogP contribution in [0.3, 0.4) is 0 Å². The van der Waals surface area contributed by atoms with Gasteiger partial charge in [-0.2, -0.15) is 0 Å². The van der Waals surface area contributed by atoms with E-state index in [0.29, 0.717) is 91.3 Å². The van der Waals surface area contributed by atoms with Crippen LogP contribution in [-0.2, 0) is 20.9 Å². The molecule has 7 unspecified atom stereocenters. The molecule has 2 aliphatic carbocycles. The molecule has 1 saturated heterocycles. The summed E-state index contributed by atoms with van der Waals surface area (Å²) in [5, 5.41) is 39.3. The van der Waals surface area contributed by atoms with Crippen molar-refractivity contribution in [3.63, 3.8) is 0 Å². The molecule has 18 nitrogen and oxygen atoms in total. The number of carbonyl (C=O) groups excluding carboxylic acids is 2. The highest BCUT2D eigenvalue weighted by Gasteiger charge is 2.66. The van der Waals surface area contributed by atoms with Crippen LogP contribution in [-0.4, -0.2) is 96.7 Å². The minimum absolute atomic E-state index is 0.00828. The zero-order valence-electron chi connectivity index (χ0n) is 41.5. The van der Waals surface area contributed by atoms with E-state index < -0.39 is 52.9 Å². The summed E-state index contributed by atoms with van der Waals surface area (Å²) >= 11 is 0. The van der Waals surface area contributed by atoms with E-state index in [-0.39, 0.29) is 61.8 Å². The number of halogens is 1. The Bertz CT molecular complexity index is 2660. The van der Waals surface area contributed by atoms with Crippen LogP contribution in [0.2, 0.25) is 0 Å². The number of nitro benzene ring substituents is 1. The summed E-state index contributed by atoms with van der Waals surface area (Å²) in [6.45, 7) is 4.29. The molecule has 19 heteroatoms. The highest BCUT2D eigenvalue weighted by Crippen LogP contribution is 2.62. The number of aliphatic hydroxyl groups is 2. The zero-order valence-corrected chi connectivity index (χ0v) is 41.5. The van der Waals surface area contributed by atoms with Gasteiger partial charge >= 0.3 is 12.2 Å². The largest absolute Gasteiger partial charge is 0.497 e. The Morgan fingerprint density at radius 2 is 1.68 bits per heavy atom. The quantitative estimate of drug-likeness (QED) is 0.0289.